The molecule has 5 nitrogen and oxygen atoms in total. The average molecular weight is 240 g/mol. The van der Waals surface area contributed by atoms with Crippen molar-refractivity contribution in [2.75, 3.05) is 6.54 Å². The Morgan fingerprint density at radius 3 is 2.71 bits per heavy atom. The third-order valence-corrected chi connectivity index (χ3v) is 3.64. The van der Waals surface area contributed by atoms with Gasteiger partial charge >= 0.3 is 0 Å². The summed E-state index contributed by atoms with van der Waals surface area (Å²) >= 11 is 0. The molecule has 0 aliphatic carbocycles. The molecule has 2 heterocycles. The Hall–Kier alpha value is -1.10. The number of aliphatic hydroxyl groups is 1. The van der Waals surface area contributed by atoms with Crippen molar-refractivity contribution in [2.45, 2.75) is 57.2 Å². The molecule has 1 unspecified atom stereocenters. The van der Waals surface area contributed by atoms with Gasteiger partial charge in [0.25, 0.3) is 0 Å². The van der Waals surface area contributed by atoms with Crippen LogP contribution in [-0.4, -0.2) is 46.1 Å². The molecule has 5 heteroatoms. The minimum absolute atomic E-state index is 0.0412. The van der Waals surface area contributed by atoms with Gasteiger partial charge in [0, 0.05) is 13.0 Å². The number of hydrogen-bond donors (Lipinski definition) is 2. The van der Waals surface area contributed by atoms with Gasteiger partial charge < -0.3 is 15.3 Å². The first kappa shape index (κ1) is 12.4. The second-order valence-corrected chi connectivity index (χ2v) is 5.50. The number of rotatable bonds is 2. The fourth-order valence-corrected chi connectivity index (χ4v) is 2.76. The zero-order valence-electron chi connectivity index (χ0n) is 10.4. The highest BCUT2D eigenvalue weighted by Crippen LogP contribution is 2.28. The Balaban J connectivity index is 2.06. The lowest BCUT2D eigenvalue weighted by Gasteiger charge is -2.35. The zero-order valence-corrected chi connectivity index (χ0v) is 10.4. The van der Waals surface area contributed by atoms with Gasteiger partial charge in [-0.25, -0.2) is 0 Å². The van der Waals surface area contributed by atoms with Gasteiger partial charge in [-0.15, -0.1) is 0 Å². The summed E-state index contributed by atoms with van der Waals surface area (Å²) in [6.45, 7) is 4.15. The molecule has 0 bridgehead atoms. The number of nitrogens with one attached hydrogen (secondary N) is 1. The molecule has 2 saturated heterocycles. The number of likely N-dealkylation sites (tertiary alicyclic amines) is 1. The molecule has 0 aromatic carbocycles. The minimum Gasteiger partial charge on any atom is -0.388 e. The molecule has 0 saturated carbocycles. The molecule has 2 amide bonds. The van der Waals surface area contributed by atoms with Gasteiger partial charge in [-0.2, -0.15) is 0 Å². The van der Waals surface area contributed by atoms with Gasteiger partial charge in [-0.1, -0.05) is 0 Å². The summed E-state index contributed by atoms with van der Waals surface area (Å²) in [6, 6.07) is -0.516. The van der Waals surface area contributed by atoms with Crippen LogP contribution in [0.15, 0.2) is 0 Å². The van der Waals surface area contributed by atoms with Crippen molar-refractivity contribution >= 4 is 11.8 Å². The first-order valence-electron chi connectivity index (χ1n) is 6.22. The standard InChI is InChI=1S/C12H20N2O3/c1-12(2,17)9-4-3-7-14(9)11(16)8-5-6-10(15)13-8/h8-9,17H,3-7H2,1-2H3,(H,13,15)/t8-,9?/m0/s1. The van der Waals surface area contributed by atoms with Crippen molar-refractivity contribution in [2.24, 2.45) is 0 Å². The molecule has 2 N–H and O–H groups in total. The molecule has 0 spiro atoms. The SMILES string of the molecule is CC(C)(O)C1CCCN1C(=O)[C@@H]1CCC(=O)N1. The predicted molar refractivity (Wildman–Crippen MR) is 62.2 cm³/mol. The van der Waals surface area contributed by atoms with E-state index in [0.29, 0.717) is 19.4 Å². The van der Waals surface area contributed by atoms with E-state index in [4.69, 9.17) is 0 Å². The van der Waals surface area contributed by atoms with Crippen molar-refractivity contribution in [3.05, 3.63) is 0 Å². The predicted octanol–water partition coefficient (Wildman–Crippen LogP) is 0.0269. The van der Waals surface area contributed by atoms with Crippen molar-refractivity contribution in [3.8, 4) is 0 Å². The zero-order chi connectivity index (χ0) is 12.6. The molecule has 96 valence electrons. The molecular weight excluding hydrogens is 220 g/mol. The van der Waals surface area contributed by atoms with E-state index in [1.807, 2.05) is 0 Å². The van der Waals surface area contributed by atoms with Crippen LogP contribution in [0.1, 0.15) is 39.5 Å². The van der Waals surface area contributed by atoms with Crippen molar-refractivity contribution in [3.63, 3.8) is 0 Å². The molecule has 0 radical (unpaired) electrons. The third-order valence-electron chi connectivity index (χ3n) is 3.64. The number of hydrogen-bond acceptors (Lipinski definition) is 3. The Kier molecular flexibility index (Phi) is 3.12. The van der Waals surface area contributed by atoms with Crippen molar-refractivity contribution in [1.29, 1.82) is 0 Å². The fraction of sp³-hybridized carbons (Fsp3) is 0.833. The van der Waals surface area contributed by atoms with Crippen LogP contribution in [0.5, 0.6) is 0 Å². The highest BCUT2D eigenvalue weighted by Gasteiger charge is 2.41. The molecule has 0 aromatic rings. The van der Waals surface area contributed by atoms with Crippen LogP contribution >= 0.6 is 0 Å². The molecule has 0 aromatic heterocycles. The lowest BCUT2D eigenvalue weighted by molar-refractivity contribution is -0.139. The first-order valence-corrected chi connectivity index (χ1v) is 6.22. The Bertz CT molecular complexity index is 335. The van der Waals surface area contributed by atoms with Gasteiger partial charge in [0.05, 0.1) is 11.6 Å². The third kappa shape index (κ3) is 2.44. The topological polar surface area (TPSA) is 69.6 Å². The van der Waals surface area contributed by atoms with Crippen LogP contribution < -0.4 is 5.32 Å². The van der Waals surface area contributed by atoms with E-state index < -0.39 is 5.60 Å². The molecule has 2 rings (SSSR count). The van der Waals surface area contributed by atoms with Crippen molar-refractivity contribution < 1.29 is 14.7 Å². The minimum atomic E-state index is -0.880. The van der Waals surface area contributed by atoms with Crippen LogP contribution in [0.25, 0.3) is 0 Å². The fourth-order valence-electron chi connectivity index (χ4n) is 2.76. The van der Waals surface area contributed by atoms with E-state index in [1.165, 1.54) is 0 Å². The lowest BCUT2D eigenvalue weighted by atomic mass is 9.96. The van der Waals surface area contributed by atoms with E-state index >= 15 is 0 Å². The van der Waals surface area contributed by atoms with Gasteiger partial charge in [-0.05, 0) is 33.1 Å². The summed E-state index contributed by atoms with van der Waals surface area (Å²) < 4.78 is 0. The molecule has 2 aliphatic rings. The number of carbonyl (C=O) groups is 2. The molecule has 2 aliphatic heterocycles. The Morgan fingerprint density at radius 1 is 1.47 bits per heavy atom. The maximum absolute atomic E-state index is 12.3. The monoisotopic (exact) mass is 240 g/mol. The quantitative estimate of drug-likeness (QED) is 0.715. The summed E-state index contributed by atoms with van der Waals surface area (Å²) in [5.74, 6) is -0.0946. The van der Waals surface area contributed by atoms with Crippen LogP contribution in [0.2, 0.25) is 0 Å². The maximum atomic E-state index is 12.3. The van der Waals surface area contributed by atoms with Gasteiger partial charge in [0.1, 0.15) is 6.04 Å². The summed E-state index contributed by atoms with van der Waals surface area (Å²) in [5, 5.41) is 12.7. The summed E-state index contributed by atoms with van der Waals surface area (Å²) in [5.41, 5.74) is -0.880. The van der Waals surface area contributed by atoms with Gasteiger partial charge in [0.2, 0.25) is 11.8 Å². The molecular formula is C12H20N2O3. The van der Waals surface area contributed by atoms with Crippen LogP contribution in [0, 0.1) is 0 Å². The Labute approximate surface area is 101 Å². The van der Waals surface area contributed by atoms with Gasteiger partial charge in [0.15, 0.2) is 0 Å². The second kappa shape index (κ2) is 4.29. The van der Waals surface area contributed by atoms with Crippen molar-refractivity contribution in [1.82, 2.24) is 10.2 Å². The van der Waals surface area contributed by atoms with E-state index in [-0.39, 0.29) is 23.9 Å². The van der Waals surface area contributed by atoms with E-state index in [2.05, 4.69) is 5.32 Å². The van der Waals surface area contributed by atoms with Crippen LogP contribution in [0.4, 0.5) is 0 Å². The number of amides is 2. The number of nitrogens with zero attached hydrogens (tertiary/aromatic N) is 1. The van der Waals surface area contributed by atoms with Crippen LogP contribution in [0.3, 0.4) is 0 Å². The first-order chi connectivity index (χ1) is 7.89. The number of carbonyl (C=O) groups excluding carboxylic acids is 2. The van der Waals surface area contributed by atoms with E-state index in [1.54, 1.807) is 18.7 Å². The smallest absolute Gasteiger partial charge is 0.245 e. The van der Waals surface area contributed by atoms with Gasteiger partial charge in [-0.3, -0.25) is 9.59 Å². The summed E-state index contributed by atoms with van der Waals surface area (Å²) in [6.07, 6.45) is 2.75. The summed E-state index contributed by atoms with van der Waals surface area (Å²) in [7, 11) is 0. The lowest BCUT2D eigenvalue weighted by Crippen LogP contribution is -2.53. The molecule has 2 fully saturated rings. The highest BCUT2D eigenvalue weighted by molar-refractivity contribution is 5.91. The average Bonchev–Trinajstić information content (AvgIpc) is 2.83. The van der Waals surface area contributed by atoms with Crippen LogP contribution in [-0.2, 0) is 9.59 Å². The molecule has 2 atom stereocenters. The highest BCUT2D eigenvalue weighted by atomic mass is 16.3. The molecule has 17 heavy (non-hydrogen) atoms. The maximum Gasteiger partial charge on any atom is 0.245 e. The summed E-state index contributed by atoms with van der Waals surface area (Å²) in [4.78, 5) is 25.1. The van der Waals surface area contributed by atoms with E-state index in [9.17, 15) is 14.7 Å². The normalized spacial score (nSPS) is 29.6. The second-order valence-electron chi connectivity index (χ2n) is 5.50. The Morgan fingerprint density at radius 2 is 2.18 bits per heavy atom. The largest absolute Gasteiger partial charge is 0.388 e. The van der Waals surface area contributed by atoms with E-state index in [0.717, 1.165) is 12.8 Å².